The lowest BCUT2D eigenvalue weighted by molar-refractivity contribution is -0.342. The summed E-state index contributed by atoms with van der Waals surface area (Å²) in [5.74, 6) is 0.426. The summed E-state index contributed by atoms with van der Waals surface area (Å²) in [5, 5.41) is 71.4. The molecular formula is C24H36O10. The summed E-state index contributed by atoms with van der Waals surface area (Å²) in [6.07, 6.45) is -8.13. The number of benzene rings is 1. The Hall–Kier alpha value is -1.18. The van der Waals surface area contributed by atoms with Crippen molar-refractivity contribution in [3.63, 3.8) is 0 Å². The van der Waals surface area contributed by atoms with Crippen LogP contribution in [0.1, 0.15) is 55.3 Å². The minimum Gasteiger partial charge on any atom is -0.394 e. The van der Waals surface area contributed by atoms with E-state index >= 15 is 0 Å². The van der Waals surface area contributed by atoms with Gasteiger partial charge in [-0.05, 0) is 29.9 Å². The number of hydrogen-bond acceptors (Lipinski definition) is 10. The number of rotatable bonds is 6. The first kappa shape index (κ1) is 25.9. The van der Waals surface area contributed by atoms with Crippen molar-refractivity contribution < 1.29 is 50.0 Å². The first-order valence-electron chi connectivity index (χ1n) is 12.0. The molecule has 10 heteroatoms. The van der Waals surface area contributed by atoms with Crippen molar-refractivity contribution in [2.45, 2.75) is 99.2 Å². The Morgan fingerprint density at radius 2 is 1.38 bits per heavy atom. The Morgan fingerprint density at radius 1 is 0.735 bits per heavy atom. The number of hydrogen-bond donors (Lipinski definition) is 7. The van der Waals surface area contributed by atoms with Crippen LogP contribution < -0.4 is 0 Å². The molecule has 1 aromatic rings. The molecule has 0 amide bonds. The van der Waals surface area contributed by atoms with Gasteiger partial charge in [0, 0.05) is 0 Å². The zero-order valence-electron chi connectivity index (χ0n) is 19.0. The summed E-state index contributed by atoms with van der Waals surface area (Å²) in [4.78, 5) is 0. The summed E-state index contributed by atoms with van der Waals surface area (Å²) >= 11 is 0. The van der Waals surface area contributed by atoms with Crippen LogP contribution in [0.25, 0.3) is 0 Å². The van der Waals surface area contributed by atoms with Crippen molar-refractivity contribution in [1.82, 2.24) is 0 Å². The lowest BCUT2D eigenvalue weighted by Gasteiger charge is -2.46. The maximum absolute atomic E-state index is 11.1. The molecule has 4 rings (SSSR count). The minimum absolute atomic E-state index is 0.426. The normalized spacial score (nSPS) is 42.0. The van der Waals surface area contributed by atoms with Crippen molar-refractivity contribution >= 4 is 0 Å². The third kappa shape index (κ3) is 5.17. The molecule has 2 aliphatic heterocycles. The van der Waals surface area contributed by atoms with Crippen LogP contribution in [0.4, 0.5) is 0 Å². The summed E-state index contributed by atoms with van der Waals surface area (Å²) in [6.45, 7) is -1.18. The Balaban J connectivity index is 1.55. The van der Waals surface area contributed by atoms with Crippen LogP contribution in [0, 0.1) is 0 Å². The minimum atomic E-state index is -1.69. The Labute approximate surface area is 198 Å². The number of aliphatic hydroxyl groups excluding tert-OH is 7. The van der Waals surface area contributed by atoms with E-state index < -0.39 is 74.4 Å². The number of ether oxygens (including phenoxy) is 3. The molecule has 3 aliphatic rings. The average Bonchev–Trinajstić information content (AvgIpc) is 2.87. The van der Waals surface area contributed by atoms with Crippen molar-refractivity contribution in [1.29, 1.82) is 0 Å². The second-order valence-corrected chi connectivity index (χ2v) is 9.56. The van der Waals surface area contributed by atoms with Crippen LogP contribution in [0.2, 0.25) is 0 Å². The quantitative estimate of drug-likeness (QED) is 0.268. The zero-order chi connectivity index (χ0) is 24.4. The van der Waals surface area contributed by atoms with Gasteiger partial charge in [0.2, 0.25) is 0 Å². The van der Waals surface area contributed by atoms with E-state index in [9.17, 15) is 35.7 Å². The first-order valence-corrected chi connectivity index (χ1v) is 12.0. The van der Waals surface area contributed by atoms with Crippen LogP contribution in [-0.4, -0.2) is 104 Å². The topological polar surface area (TPSA) is 169 Å². The van der Waals surface area contributed by atoms with Crippen molar-refractivity contribution in [3.05, 3.63) is 35.4 Å². The molecule has 0 bridgehead atoms. The average molecular weight is 485 g/mol. The highest BCUT2D eigenvalue weighted by Crippen LogP contribution is 2.38. The molecule has 2 saturated heterocycles. The largest absolute Gasteiger partial charge is 0.394 e. The predicted molar refractivity (Wildman–Crippen MR) is 118 cm³/mol. The zero-order valence-corrected chi connectivity index (χ0v) is 19.0. The molecule has 192 valence electrons. The van der Waals surface area contributed by atoms with Crippen LogP contribution in [0.5, 0.6) is 0 Å². The molecule has 0 aromatic heterocycles. The molecule has 1 aromatic carbocycles. The number of aliphatic hydroxyl groups is 7. The van der Waals surface area contributed by atoms with E-state index in [0.717, 1.165) is 18.4 Å². The first-order chi connectivity index (χ1) is 16.3. The highest BCUT2D eigenvalue weighted by atomic mass is 16.7. The lowest BCUT2D eigenvalue weighted by atomic mass is 9.82. The van der Waals surface area contributed by atoms with Crippen LogP contribution >= 0.6 is 0 Å². The van der Waals surface area contributed by atoms with Crippen molar-refractivity contribution in [2.75, 3.05) is 13.2 Å². The third-order valence-corrected chi connectivity index (χ3v) is 7.32. The van der Waals surface area contributed by atoms with Crippen LogP contribution in [0.15, 0.2) is 24.3 Å². The standard InChI is InChI=1S/C24H36O10/c25-10-15-17(27)19(29)20(30)24(33-15)34-23-18(28)16(11-26)32-22(21(23)31)14-8-4-7-13(9-14)12-5-2-1-3-6-12/h4,7-9,12,15-31H,1-3,5-6,10-11H2/t15-,16-,17-,18+,19+,20+,21+,22-,23+,24-/m1/s1. The second-order valence-electron chi connectivity index (χ2n) is 9.56. The van der Waals surface area contributed by atoms with Crippen LogP contribution in [0.3, 0.4) is 0 Å². The van der Waals surface area contributed by atoms with Crippen molar-refractivity contribution in [2.24, 2.45) is 0 Å². The third-order valence-electron chi connectivity index (χ3n) is 7.32. The van der Waals surface area contributed by atoms with Gasteiger partial charge < -0.3 is 50.0 Å². The Morgan fingerprint density at radius 3 is 2.06 bits per heavy atom. The van der Waals surface area contributed by atoms with Gasteiger partial charge in [0.25, 0.3) is 0 Å². The fourth-order valence-electron chi connectivity index (χ4n) is 5.28. The summed E-state index contributed by atoms with van der Waals surface area (Å²) in [7, 11) is 0. The van der Waals surface area contributed by atoms with Crippen LogP contribution in [-0.2, 0) is 14.2 Å². The molecule has 34 heavy (non-hydrogen) atoms. The summed E-state index contributed by atoms with van der Waals surface area (Å²) < 4.78 is 16.9. The van der Waals surface area contributed by atoms with Gasteiger partial charge in [-0.2, -0.15) is 0 Å². The molecule has 0 radical (unpaired) electrons. The van der Waals surface area contributed by atoms with Gasteiger partial charge in [0.15, 0.2) is 6.29 Å². The van der Waals surface area contributed by atoms with Gasteiger partial charge in [0.1, 0.15) is 54.9 Å². The summed E-state index contributed by atoms with van der Waals surface area (Å²) in [6, 6.07) is 7.72. The fraction of sp³-hybridized carbons (Fsp3) is 0.750. The van der Waals surface area contributed by atoms with Gasteiger partial charge >= 0.3 is 0 Å². The van der Waals surface area contributed by atoms with E-state index in [1.165, 1.54) is 19.3 Å². The van der Waals surface area contributed by atoms with Gasteiger partial charge in [-0.25, -0.2) is 0 Å². The molecule has 0 unspecified atom stereocenters. The van der Waals surface area contributed by atoms with Crippen molar-refractivity contribution in [3.8, 4) is 0 Å². The second kappa shape index (κ2) is 11.3. The van der Waals surface area contributed by atoms with E-state index in [0.29, 0.717) is 11.5 Å². The Kier molecular flexibility index (Phi) is 8.57. The molecule has 1 saturated carbocycles. The fourth-order valence-corrected chi connectivity index (χ4v) is 5.28. The highest BCUT2D eigenvalue weighted by Gasteiger charge is 2.50. The SMILES string of the molecule is OC[C@H]1O[C@H](c2cccc(C3CCCCC3)c2)[C@H](O)[C@@H](O[C@H]2O[C@H](CO)[C@@H](O)[C@H](O)[C@@H]2O)[C@H]1O. The molecule has 1 aliphatic carbocycles. The maximum atomic E-state index is 11.1. The molecule has 2 heterocycles. The van der Waals surface area contributed by atoms with E-state index in [1.54, 1.807) is 6.07 Å². The molecular weight excluding hydrogens is 448 g/mol. The monoisotopic (exact) mass is 484 g/mol. The van der Waals surface area contributed by atoms with Gasteiger partial charge in [0.05, 0.1) is 13.2 Å². The molecule has 7 N–H and O–H groups in total. The molecule has 0 spiro atoms. The van der Waals surface area contributed by atoms with Gasteiger partial charge in [-0.3, -0.25) is 0 Å². The lowest BCUT2D eigenvalue weighted by Crippen LogP contribution is -2.63. The highest BCUT2D eigenvalue weighted by molar-refractivity contribution is 5.29. The molecule has 3 fully saturated rings. The van der Waals surface area contributed by atoms with Gasteiger partial charge in [-0.15, -0.1) is 0 Å². The Bertz CT molecular complexity index is 785. The molecule has 10 nitrogen and oxygen atoms in total. The molecule has 10 atom stereocenters. The van der Waals surface area contributed by atoms with E-state index in [1.807, 2.05) is 12.1 Å². The van der Waals surface area contributed by atoms with E-state index in [2.05, 4.69) is 6.07 Å². The summed E-state index contributed by atoms with van der Waals surface area (Å²) in [5.41, 5.74) is 1.81. The smallest absolute Gasteiger partial charge is 0.187 e. The van der Waals surface area contributed by atoms with E-state index in [4.69, 9.17) is 14.2 Å². The van der Waals surface area contributed by atoms with Gasteiger partial charge in [-0.1, -0.05) is 43.5 Å². The maximum Gasteiger partial charge on any atom is 0.187 e. The van der Waals surface area contributed by atoms with E-state index in [-0.39, 0.29) is 0 Å². The predicted octanol–water partition coefficient (Wildman–Crippen LogP) is -0.927.